The van der Waals surface area contributed by atoms with Crippen LogP contribution in [0.15, 0.2) is 90.1 Å². The Morgan fingerprint density at radius 3 is 1.86 bits per heavy atom. The summed E-state index contributed by atoms with van der Waals surface area (Å²) in [6.45, 7) is 7.48. The monoisotopic (exact) mass is 970 g/mol. The zero-order valence-corrected chi connectivity index (χ0v) is 39.9. The smallest absolute Gasteiger partial charge is 0.194 e. The lowest BCUT2D eigenvalue weighted by molar-refractivity contribution is 0.145. The van der Waals surface area contributed by atoms with Crippen LogP contribution in [-0.4, -0.2) is 77.4 Å². The summed E-state index contributed by atoms with van der Waals surface area (Å²) in [5, 5.41) is 30.8. The third kappa shape index (κ3) is 10.1. The molecule has 2 unspecified atom stereocenters. The normalized spacial score (nSPS) is 17.2. The van der Waals surface area contributed by atoms with Crippen LogP contribution in [-0.2, 0) is 45.8 Å². The van der Waals surface area contributed by atoms with Crippen molar-refractivity contribution in [1.29, 1.82) is 0 Å². The molecule has 5 heterocycles. The van der Waals surface area contributed by atoms with Crippen molar-refractivity contribution in [3.63, 3.8) is 0 Å². The number of aliphatic hydroxyl groups excluding tert-OH is 3. The molecule has 5 aromatic carbocycles. The Morgan fingerprint density at radius 2 is 1.23 bits per heavy atom. The van der Waals surface area contributed by atoms with Crippen LogP contribution >= 0.6 is 0 Å². The Kier molecular flexibility index (Phi) is 15.7. The molecule has 372 valence electrons. The van der Waals surface area contributed by atoms with Gasteiger partial charge in [0.2, 0.25) is 0 Å². The van der Waals surface area contributed by atoms with Crippen LogP contribution in [0.25, 0.3) is 10.9 Å². The molecule has 0 saturated carbocycles. The maximum absolute atomic E-state index is 13.6. The predicted molar refractivity (Wildman–Crippen MR) is 255 cm³/mol. The number of hydrogen-bond donors (Lipinski definition) is 4. The van der Waals surface area contributed by atoms with Crippen LogP contribution in [0, 0.1) is 35.0 Å². The summed E-state index contributed by atoms with van der Waals surface area (Å²) < 4.78 is 92.3. The van der Waals surface area contributed by atoms with Crippen molar-refractivity contribution in [1.82, 2.24) is 19.7 Å². The van der Waals surface area contributed by atoms with E-state index >= 15 is 0 Å². The number of aliphatic hydroxyl groups is 3. The van der Waals surface area contributed by atoms with Crippen LogP contribution < -0.4 is 24.3 Å². The molecule has 1 aromatic heterocycles. The van der Waals surface area contributed by atoms with E-state index in [2.05, 4.69) is 41.1 Å². The highest BCUT2D eigenvalue weighted by molar-refractivity contribution is 5.86. The van der Waals surface area contributed by atoms with Gasteiger partial charge in [0.25, 0.3) is 0 Å². The number of halogens is 5. The molecule has 11 nitrogen and oxygen atoms in total. The van der Waals surface area contributed by atoms with Crippen molar-refractivity contribution < 1.29 is 56.2 Å². The number of rotatable bonds is 12. The number of fused-ring (bicyclic) bond motifs is 9. The minimum absolute atomic E-state index is 0.0376. The van der Waals surface area contributed by atoms with E-state index in [0.29, 0.717) is 34.5 Å². The summed E-state index contributed by atoms with van der Waals surface area (Å²) in [5.41, 5.74) is 11.4. The van der Waals surface area contributed by atoms with E-state index in [4.69, 9.17) is 24.1 Å². The maximum atomic E-state index is 13.6. The average Bonchev–Trinajstić information content (AvgIpc) is 3.69. The number of ether oxygens (including phenoxy) is 4. The molecule has 2 atom stereocenters. The second kappa shape index (κ2) is 21.9. The van der Waals surface area contributed by atoms with E-state index in [1.165, 1.54) is 45.0 Å². The zero-order valence-electron chi connectivity index (χ0n) is 39.9. The molecule has 6 aromatic rings. The van der Waals surface area contributed by atoms with Gasteiger partial charge in [-0.05, 0) is 131 Å². The highest BCUT2D eigenvalue weighted by Gasteiger charge is 2.37. The number of para-hydroxylation sites is 1. The third-order valence-electron chi connectivity index (χ3n) is 13.8. The Balaban J connectivity index is 0.000000182. The van der Waals surface area contributed by atoms with E-state index in [-0.39, 0.29) is 44.3 Å². The van der Waals surface area contributed by atoms with Crippen molar-refractivity contribution >= 4 is 10.9 Å². The third-order valence-corrected chi connectivity index (χ3v) is 13.8. The SMILES string of the molecule is CO.COc1cc2c(cc1OCc1cc(F)c(F)c(F)c1)CCN1CC(NCO)=C(C(C)C)CC21.COc1cc2c(cc1OCc1ccc(F)c(F)c1)C1Cc3c(n(CO)c4ccccc34)CN1CC2. The molecule has 16 heteroatoms. The molecule has 4 aliphatic heterocycles. The van der Waals surface area contributed by atoms with E-state index in [0.717, 1.165) is 100 Å². The van der Waals surface area contributed by atoms with Gasteiger partial charge >= 0.3 is 0 Å². The largest absolute Gasteiger partial charge is 0.493 e. The van der Waals surface area contributed by atoms with Gasteiger partial charge in [-0.25, -0.2) is 22.0 Å². The summed E-state index contributed by atoms with van der Waals surface area (Å²) in [7, 11) is 4.16. The molecule has 0 fully saturated rings. The first-order valence-corrected chi connectivity index (χ1v) is 23.3. The van der Waals surface area contributed by atoms with Gasteiger partial charge in [0.1, 0.15) is 26.7 Å². The maximum Gasteiger partial charge on any atom is 0.194 e. The minimum atomic E-state index is -1.49. The van der Waals surface area contributed by atoms with E-state index < -0.39 is 29.1 Å². The molecular weight excluding hydrogens is 912 g/mol. The van der Waals surface area contributed by atoms with Crippen molar-refractivity contribution in [2.45, 2.75) is 78.1 Å². The van der Waals surface area contributed by atoms with Gasteiger partial charge in [-0.3, -0.25) is 9.80 Å². The molecule has 0 saturated heterocycles. The van der Waals surface area contributed by atoms with Crippen LogP contribution in [0.1, 0.15) is 77.0 Å². The highest BCUT2D eigenvalue weighted by Crippen LogP contribution is 2.46. The molecule has 0 spiro atoms. The molecule has 4 N–H and O–H groups in total. The van der Waals surface area contributed by atoms with Gasteiger partial charge in [-0.15, -0.1) is 0 Å². The number of aromatic nitrogens is 1. The van der Waals surface area contributed by atoms with Gasteiger partial charge in [0.15, 0.2) is 52.1 Å². The summed E-state index contributed by atoms with van der Waals surface area (Å²) in [6.07, 6.45) is 3.39. The number of benzene rings is 5. The van der Waals surface area contributed by atoms with Crippen molar-refractivity contribution in [2.75, 3.05) is 47.7 Å². The molecule has 0 radical (unpaired) electrons. The van der Waals surface area contributed by atoms with E-state index in [1.807, 2.05) is 41.0 Å². The van der Waals surface area contributed by atoms with Gasteiger partial charge in [-0.2, -0.15) is 0 Å². The van der Waals surface area contributed by atoms with Gasteiger partial charge < -0.3 is 44.2 Å². The quantitative estimate of drug-likeness (QED) is 0.0537. The summed E-state index contributed by atoms with van der Waals surface area (Å²) in [4.78, 5) is 4.86. The van der Waals surface area contributed by atoms with Crippen LogP contribution in [0.3, 0.4) is 0 Å². The topological polar surface area (TPSA) is 121 Å². The standard InChI is InChI=1S/C28H26F2N2O3.C25H29F3N2O3.CH4O/c1-34-27-11-18-8-9-31-14-26-21(19-4-2-3-5-24(19)32(26)16-33)12-25(31)20(18)13-28(27)35-15-17-6-7-22(29)23(30)10-17;1-14(2)17-9-22-18-10-23(32-3)24(33-12-15-6-19(26)25(28)20(27)7-15)8-16(18)4-5-30(22)11-21(17)29-13-31;1-2/h2-7,10-11,13,25,33H,8-9,12,14-16H2,1H3;6-8,10,14,22,29,31H,4-5,9,11-13H2,1-3H3;2H,1H3. The second-order valence-corrected chi connectivity index (χ2v) is 18.0. The van der Waals surface area contributed by atoms with E-state index in [9.17, 15) is 32.2 Å². The summed E-state index contributed by atoms with van der Waals surface area (Å²) >= 11 is 0. The molecule has 4 aliphatic rings. The first-order valence-electron chi connectivity index (χ1n) is 23.3. The molecule has 0 aliphatic carbocycles. The van der Waals surface area contributed by atoms with Crippen LogP contribution in [0.2, 0.25) is 0 Å². The number of methoxy groups -OCH3 is 2. The van der Waals surface area contributed by atoms with Crippen molar-refractivity contribution in [2.24, 2.45) is 5.92 Å². The average molecular weight is 971 g/mol. The van der Waals surface area contributed by atoms with Crippen LogP contribution in [0.5, 0.6) is 23.0 Å². The molecule has 70 heavy (non-hydrogen) atoms. The fourth-order valence-electron chi connectivity index (χ4n) is 10.4. The molecule has 0 amide bonds. The van der Waals surface area contributed by atoms with Crippen molar-refractivity contribution in [3.8, 4) is 23.0 Å². The highest BCUT2D eigenvalue weighted by atomic mass is 19.2. The minimum Gasteiger partial charge on any atom is -0.493 e. The Morgan fingerprint density at radius 1 is 0.657 bits per heavy atom. The summed E-state index contributed by atoms with van der Waals surface area (Å²) in [6, 6.07) is 22.3. The van der Waals surface area contributed by atoms with Crippen molar-refractivity contribution in [3.05, 3.63) is 164 Å². The molecule has 0 bridgehead atoms. The van der Waals surface area contributed by atoms with Crippen LogP contribution in [0.4, 0.5) is 22.0 Å². The lowest BCUT2D eigenvalue weighted by atomic mass is 9.82. The first-order chi connectivity index (χ1) is 33.9. The van der Waals surface area contributed by atoms with Gasteiger partial charge in [0.05, 0.1) is 19.7 Å². The second-order valence-electron chi connectivity index (χ2n) is 18.0. The fourth-order valence-corrected chi connectivity index (χ4v) is 10.4. The van der Waals surface area contributed by atoms with Gasteiger partial charge in [0, 0.05) is 62.1 Å². The molecule has 10 rings (SSSR count). The predicted octanol–water partition coefficient (Wildman–Crippen LogP) is 9.16. The van der Waals surface area contributed by atoms with E-state index in [1.54, 1.807) is 14.2 Å². The zero-order chi connectivity index (χ0) is 49.8. The summed E-state index contributed by atoms with van der Waals surface area (Å²) in [5.74, 6) is -3.16. The Hall–Kier alpha value is -6.17. The molecular formula is C54H59F5N4O7. The lowest BCUT2D eigenvalue weighted by Gasteiger charge is -2.43. The Labute approximate surface area is 404 Å². The fraction of sp³-hybridized carbons (Fsp3) is 0.370. The number of nitrogens with one attached hydrogen (secondary N) is 1. The first kappa shape index (κ1) is 50.2. The number of hydrogen-bond acceptors (Lipinski definition) is 10. The van der Waals surface area contributed by atoms with Gasteiger partial charge in [-0.1, -0.05) is 38.1 Å². The lowest BCUT2D eigenvalue weighted by Crippen LogP contribution is -2.43. The number of nitrogens with zero attached hydrogens (tertiary/aromatic N) is 3. The Bertz CT molecular complexity index is 2870.